The number of hydrogen-bond donors (Lipinski definition) is 2. The molecule has 1 saturated carbocycles. The largest absolute Gasteiger partial charge is 0.339 e. The van der Waals surface area contributed by atoms with Crippen LogP contribution in [0.4, 0.5) is 17.3 Å². The molecule has 20 heavy (non-hydrogen) atoms. The average Bonchev–Trinajstić information content (AvgIpc) is 3.28. The molecule has 0 bridgehead atoms. The highest BCUT2D eigenvalue weighted by Gasteiger charge is 2.29. The molecule has 6 heteroatoms. The number of nitrogens with one attached hydrogen (secondary N) is 2. The molecule has 102 valence electrons. The monoisotopic (exact) mass is 332 g/mol. The zero-order chi connectivity index (χ0) is 13.9. The first kappa shape index (κ1) is 13.1. The molecule has 0 saturated heterocycles. The van der Waals surface area contributed by atoms with Crippen molar-refractivity contribution in [3.8, 4) is 0 Å². The number of carbonyl (C=O) groups is 1. The number of carbonyl (C=O) groups excluding carboxylic acids is 1. The van der Waals surface area contributed by atoms with E-state index in [9.17, 15) is 4.79 Å². The van der Waals surface area contributed by atoms with E-state index in [-0.39, 0.29) is 11.8 Å². The van der Waals surface area contributed by atoms with Crippen molar-refractivity contribution in [3.05, 3.63) is 40.9 Å². The summed E-state index contributed by atoms with van der Waals surface area (Å²) in [5, 5.41) is 13.9. The third-order valence-electron chi connectivity index (χ3n) is 2.98. The molecule has 2 aromatic rings. The van der Waals surface area contributed by atoms with Crippen molar-refractivity contribution in [2.24, 2.45) is 5.92 Å². The third-order valence-corrected chi connectivity index (χ3v) is 3.51. The number of benzene rings is 1. The predicted molar refractivity (Wildman–Crippen MR) is 80.8 cm³/mol. The van der Waals surface area contributed by atoms with Crippen LogP contribution in [0, 0.1) is 5.92 Å². The van der Waals surface area contributed by atoms with Gasteiger partial charge in [0.05, 0.1) is 0 Å². The molecule has 0 atom stereocenters. The quantitative estimate of drug-likeness (QED) is 0.901. The Hall–Kier alpha value is -1.95. The molecule has 1 heterocycles. The Bertz CT molecular complexity index is 608. The van der Waals surface area contributed by atoms with Gasteiger partial charge < -0.3 is 10.6 Å². The van der Waals surface area contributed by atoms with Crippen LogP contribution in [0.5, 0.6) is 0 Å². The molecule has 1 aliphatic carbocycles. The number of nitrogens with zero attached hydrogens (tertiary/aromatic N) is 2. The van der Waals surface area contributed by atoms with Crippen molar-refractivity contribution >= 4 is 39.2 Å². The van der Waals surface area contributed by atoms with Gasteiger partial charge in [-0.1, -0.05) is 15.9 Å². The van der Waals surface area contributed by atoms with Gasteiger partial charge in [0.2, 0.25) is 5.91 Å². The molecular weight excluding hydrogens is 320 g/mol. The van der Waals surface area contributed by atoms with Crippen molar-refractivity contribution in [1.82, 2.24) is 10.2 Å². The number of aromatic nitrogens is 2. The molecule has 5 nitrogen and oxygen atoms in total. The molecule has 1 aromatic carbocycles. The fraction of sp³-hybridized carbons (Fsp3) is 0.214. The van der Waals surface area contributed by atoms with Crippen LogP contribution in [0.3, 0.4) is 0 Å². The van der Waals surface area contributed by atoms with E-state index < -0.39 is 0 Å². The summed E-state index contributed by atoms with van der Waals surface area (Å²) in [7, 11) is 0. The normalized spacial score (nSPS) is 13.8. The minimum Gasteiger partial charge on any atom is -0.339 e. The van der Waals surface area contributed by atoms with Crippen LogP contribution in [0.25, 0.3) is 0 Å². The van der Waals surface area contributed by atoms with Crippen LogP contribution in [0.15, 0.2) is 40.9 Å². The summed E-state index contributed by atoms with van der Waals surface area (Å²) in [4.78, 5) is 11.6. The predicted octanol–water partition coefficient (Wildman–Crippen LogP) is 3.33. The van der Waals surface area contributed by atoms with Crippen molar-refractivity contribution < 1.29 is 4.79 Å². The fourth-order valence-electron chi connectivity index (χ4n) is 1.72. The number of halogens is 1. The molecule has 1 fully saturated rings. The number of rotatable bonds is 4. The van der Waals surface area contributed by atoms with Crippen LogP contribution in [-0.2, 0) is 4.79 Å². The van der Waals surface area contributed by atoms with Gasteiger partial charge >= 0.3 is 0 Å². The van der Waals surface area contributed by atoms with Crippen LogP contribution in [0.2, 0.25) is 0 Å². The van der Waals surface area contributed by atoms with Gasteiger partial charge in [0.1, 0.15) is 0 Å². The summed E-state index contributed by atoms with van der Waals surface area (Å²) in [6.07, 6.45) is 1.95. The summed E-state index contributed by atoms with van der Waals surface area (Å²) in [6, 6.07) is 11.3. The zero-order valence-electron chi connectivity index (χ0n) is 10.6. The third kappa shape index (κ3) is 3.33. The standard InChI is InChI=1S/C14H13BrN4O/c15-10-3-5-11(6-4-10)16-12-7-8-13(19-18-12)17-14(20)9-1-2-9/h3-9H,1-2H2,(H,16,18)(H,17,19,20). The van der Waals surface area contributed by atoms with Gasteiger partial charge in [-0.25, -0.2) is 0 Å². The minimum absolute atomic E-state index is 0.0351. The topological polar surface area (TPSA) is 66.9 Å². The molecule has 0 spiro atoms. The van der Waals surface area contributed by atoms with Crippen molar-refractivity contribution in [3.63, 3.8) is 0 Å². The average molecular weight is 333 g/mol. The van der Waals surface area contributed by atoms with Crippen molar-refractivity contribution in [2.75, 3.05) is 10.6 Å². The van der Waals surface area contributed by atoms with E-state index in [2.05, 4.69) is 36.8 Å². The van der Waals surface area contributed by atoms with Gasteiger partial charge in [0.25, 0.3) is 0 Å². The molecule has 1 aromatic heterocycles. The highest BCUT2D eigenvalue weighted by Crippen LogP contribution is 2.29. The molecule has 0 aliphatic heterocycles. The van der Waals surface area contributed by atoms with Crippen molar-refractivity contribution in [2.45, 2.75) is 12.8 Å². The minimum atomic E-state index is 0.0351. The number of hydrogen-bond acceptors (Lipinski definition) is 4. The molecular formula is C14H13BrN4O. The lowest BCUT2D eigenvalue weighted by atomic mass is 10.3. The van der Waals surface area contributed by atoms with E-state index in [0.717, 1.165) is 23.0 Å². The first-order chi connectivity index (χ1) is 9.70. The SMILES string of the molecule is O=C(Nc1ccc(Nc2ccc(Br)cc2)nn1)C1CC1. The number of anilines is 3. The van der Waals surface area contributed by atoms with Gasteiger partial charge in [-0.05, 0) is 49.2 Å². The van der Waals surface area contributed by atoms with Gasteiger partial charge in [0, 0.05) is 16.1 Å². The van der Waals surface area contributed by atoms with E-state index in [1.807, 2.05) is 24.3 Å². The van der Waals surface area contributed by atoms with Gasteiger partial charge in [0.15, 0.2) is 11.6 Å². The maximum Gasteiger partial charge on any atom is 0.228 e. The molecule has 3 rings (SSSR count). The molecule has 1 amide bonds. The Kier molecular flexibility index (Phi) is 3.64. The van der Waals surface area contributed by atoms with Crippen molar-refractivity contribution in [1.29, 1.82) is 0 Å². The van der Waals surface area contributed by atoms with Crippen LogP contribution < -0.4 is 10.6 Å². The molecule has 0 unspecified atom stereocenters. The Morgan fingerprint density at radius 1 is 1.05 bits per heavy atom. The Morgan fingerprint density at radius 2 is 1.70 bits per heavy atom. The number of amides is 1. The highest BCUT2D eigenvalue weighted by atomic mass is 79.9. The lowest BCUT2D eigenvalue weighted by Crippen LogP contribution is -2.14. The Morgan fingerprint density at radius 3 is 2.30 bits per heavy atom. The molecule has 1 aliphatic rings. The maximum absolute atomic E-state index is 11.6. The van der Waals surface area contributed by atoms with Gasteiger partial charge in [-0.2, -0.15) is 0 Å². The highest BCUT2D eigenvalue weighted by molar-refractivity contribution is 9.10. The van der Waals surface area contributed by atoms with E-state index >= 15 is 0 Å². The first-order valence-electron chi connectivity index (χ1n) is 6.38. The van der Waals surface area contributed by atoms with Crippen LogP contribution in [-0.4, -0.2) is 16.1 Å². The van der Waals surface area contributed by atoms with E-state index in [4.69, 9.17) is 0 Å². The van der Waals surface area contributed by atoms with E-state index in [0.29, 0.717) is 11.6 Å². The molecule has 0 radical (unpaired) electrons. The second kappa shape index (κ2) is 5.58. The fourth-order valence-corrected chi connectivity index (χ4v) is 1.98. The maximum atomic E-state index is 11.6. The van der Waals surface area contributed by atoms with Gasteiger partial charge in [-0.3, -0.25) is 4.79 Å². The lowest BCUT2D eigenvalue weighted by Gasteiger charge is -2.06. The van der Waals surface area contributed by atoms with E-state index in [1.165, 1.54) is 0 Å². The summed E-state index contributed by atoms with van der Waals surface area (Å²) >= 11 is 3.38. The van der Waals surface area contributed by atoms with E-state index in [1.54, 1.807) is 12.1 Å². The second-order valence-electron chi connectivity index (χ2n) is 4.70. The second-order valence-corrected chi connectivity index (χ2v) is 5.61. The van der Waals surface area contributed by atoms with Gasteiger partial charge in [-0.15, -0.1) is 10.2 Å². The Balaban J connectivity index is 1.63. The lowest BCUT2D eigenvalue weighted by molar-refractivity contribution is -0.117. The summed E-state index contributed by atoms with van der Waals surface area (Å²) in [5.41, 5.74) is 0.928. The summed E-state index contributed by atoms with van der Waals surface area (Å²) in [6.45, 7) is 0. The molecule has 2 N–H and O–H groups in total. The summed E-state index contributed by atoms with van der Waals surface area (Å²) in [5.74, 6) is 1.32. The Labute approximate surface area is 124 Å². The zero-order valence-corrected chi connectivity index (χ0v) is 12.2. The smallest absolute Gasteiger partial charge is 0.228 e. The first-order valence-corrected chi connectivity index (χ1v) is 7.17. The van der Waals surface area contributed by atoms with Crippen LogP contribution in [0.1, 0.15) is 12.8 Å². The summed E-state index contributed by atoms with van der Waals surface area (Å²) < 4.78 is 1.02. The van der Waals surface area contributed by atoms with Crippen LogP contribution >= 0.6 is 15.9 Å².